The molecule has 0 saturated carbocycles. The Kier molecular flexibility index (Phi) is 7.85. The van der Waals surface area contributed by atoms with Crippen molar-refractivity contribution in [2.24, 2.45) is 7.05 Å². The number of benzene rings is 5. The summed E-state index contributed by atoms with van der Waals surface area (Å²) in [4.78, 5) is 38.5. The second-order valence-electron chi connectivity index (χ2n) is 12.1. The van der Waals surface area contributed by atoms with E-state index in [1.807, 2.05) is 117 Å². The minimum atomic E-state index is 0.544. The van der Waals surface area contributed by atoms with E-state index in [4.69, 9.17) is 24.9 Å². The van der Waals surface area contributed by atoms with Gasteiger partial charge in [0, 0.05) is 29.2 Å². The molecule has 8 aromatic rings. The molecule has 9 heteroatoms. The summed E-state index contributed by atoms with van der Waals surface area (Å²) >= 11 is 0. The van der Waals surface area contributed by atoms with Crippen LogP contribution in [-0.2, 0) is 7.05 Å². The number of aromatic nitrogens is 9. The van der Waals surface area contributed by atoms with Gasteiger partial charge >= 0.3 is 0 Å². The molecule has 0 N–H and O–H groups in total. The smallest absolute Gasteiger partial charge is 0.229 e. The predicted molar refractivity (Wildman–Crippen MR) is 194 cm³/mol. The second-order valence-corrected chi connectivity index (χ2v) is 12.1. The molecule has 0 unspecified atom stereocenters. The summed E-state index contributed by atoms with van der Waals surface area (Å²) in [5, 5.41) is 2.07. The molecule has 0 aliphatic carbocycles. The molecule has 0 saturated heterocycles. The van der Waals surface area contributed by atoms with E-state index in [9.17, 15) is 0 Å². The molecule has 3 aromatic heterocycles. The van der Waals surface area contributed by atoms with Crippen LogP contribution in [0.3, 0.4) is 0 Å². The first-order valence-electron chi connectivity index (χ1n) is 16.3. The fourth-order valence-corrected chi connectivity index (χ4v) is 6.19. The first kappa shape index (κ1) is 30.7. The van der Waals surface area contributed by atoms with Crippen molar-refractivity contribution < 1.29 is 4.57 Å². The average molecular weight is 651 g/mol. The van der Waals surface area contributed by atoms with E-state index in [1.165, 1.54) is 0 Å². The van der Waals surface area contributed by atoms with Gasteiger partial charge in [-0.2, -0.15) is 0 Å². The van der Waals surface area contributed by atoms with Crippen LogP contribution < -0.4 is 4.57 Å². The fraction of sp³-hybridized carbons (Fsp3) is 0.0976. The molecule has 5 aromatic carbocycles. The molecule has 0 aliphatic heterocycles. The van der Waals surface area contributed by atoms with Crippen LogP contribution in [0.4, 0.5) is 0 Å². The fourth-order valence-electron chi connectivity index (χ4n) is 6.19. The SMILES string of the molecule is Cc1nc(C)nc(-c2cccc(-c3nc(-c4ccccc4)nc(-c4cc(-c5nc(C)nc(-c6ccccc6)[n+]5C)cc5ccccc45)n3)c2)n1. The van der Waals surface area contributed by atoms with Crippen LogP contribution in [0.2, 0.25) is 0 Å². The Morgan fingerprint density at radius 1 is 0.380 bits per heavy atom. The van der Waals surface area contributed by atoms with Crippen LogP contribution in [-0.4, -0.2) is 39.9 Å². The molecule has 3 heterocycles. The molecule has 0 radical (unpaired) electrons. The third kappa shape index (κ3) is 5.97. The molecule has 0 aliphatic rings. The van der Waals surface area contributed by atoms with Gasteiger partial charge < -0.3 is 0 Å². The highest BCUT2D eigenvalue weighted by Crippen LogP contribution is 2.34. The number of hydrogen-bond acceptors (Lipinski definition) is 8. The maximum absolute atomic E-state index is 5.14. The maximum atomic E-state index is 5.14. The van der Waals surface area contributed by atoms with Gasteiger partial charge in [-0.05, 0) is 55.0 Å². The summed E-state index contributed by atoms with van der Waals surface area (Å²) in [7, 11) is 2.00. The minimum Gasteiger partial charge on any atom is -0.229 e. The molecule has 0 spiro atoms. The van der Waals surface area contributed by atoms with Gasteiger partial charge in [-0.1, -0.05) is 101 Å². The van der Waals surface area contributed by atoms with Gasteiger partial charge in [0.25, 0.3) is 17.5 Å². The van der Waals surface area contributed by atoms with E-state index in [2.05, 4.69) is 51.4 Å². The molecular formula is C41H32N9+. The summed E-state index contributed by atoms with van der Waals surface area (Å²) in [6, 6.07) is 40.7. The monoisotopic (exact) mass is 650 g/mol. The van der Waals surface area contributed by atoms with Crippen molar-refractivity contribution in [2.75, 3.05) is 0 Å². The lowest BCUT2D eigenvalue weighted by molar-refractivity contribution is -0.654. The summed E-state index contributed by atoms with van der Waals surface area (Å²) in [5.41, 5.74) is 5.38. The van der Waals surface area contributed by atoms with Crippen LogP contribution in [0.1, 0.15) is 17.5 Å². The number of rotatable bonds is 6. The highest BCUT2D eigenvalue weighted by molar-refractivity contribution is 5.98. The average Bonchev–Trinajstić information content (AvgIpc) is 3.15. The van der Waals surface area contributed by atoms with E-state index >= 15 is 0 Å². The highest BCUT2D eigenvalue weighted by Gasteiger charge is 2.23. The van der Waals surface area contributed by atoms with Gasteiger partial charge in [0.15, 0.2) is 23.3 Å². The van der Waals surface area contributed by atoms with Crippen LogP contribution >= 0.6 is 0 Å². The quantitative estimate of drug-likeness (QED) is 0.168. The number of nitrogens with zero attached hydrogens (tertiary/aromatic N) is 9. The van der Waals surface area contributed by atoms with Crippen molar-refractivity contribution in [3.8, 4) is 68.3 Å². The van der Waals surface area contributed by atoms with E-state index in [0.29, 0.717) is 40.8 Å². The molecule has 8 rings (SSSR count). The molecule has 240 valence electrons. The van der Waals surface area contributed by atoms with Crippen LogP contribution in [0.15, 0.2) is 121 Å². The molecule has 0 fully saturated rings. The molecule has 0 amide bonds. The van der Waals surface area contributed by atoms with Gasteiger partial charge in [-0.3, -0.25) is 0 Å². The van der Waals surface area contributed by atoms with E-state index in [-0.39, 0.29) is 0 Å². The van der Waals surface area contributed by atoms with Crippen molar-refractivity contribution in [1.29, 1.82) is 0 Å². The first-order valence-corrected chi connectivity index (χ1v) is 16.3. The zero-order valence-corrected chi connectivity index (χ0v) is 28.1. The molecule has 0 atom stereocenters. The van der Waals surface area contributed by atoms with Crippen molar-refractivity contribution in [3.63, 3.8) is 0 Å². The Balaban J connectivity index is 1.34. The Hall–Kier alpha value is -6.61. The van der Waals surface area contributed by atoms with Gasteiger partial charge in [0.05, 0.1) is 18.2 Å². The van der Waals surface area contributed by atoms with E-state index in [1.54, 1.807) is 0 Å². The van der Waals surface area contributed by atoms with E-state index < -0.39 is 0 Å². The lowest BCUT2D eigenvalue weighted by Crippen LogP contribution is -2.37. The topological polar surface area (TPSA) is 107 Å². The summed E-state index contributed by atoms with van der Waals surface area (Å²) in [5.74, 6) is 5.93. The Morgan fingerprint density at radius 3 is 1.56 bits per heavy atom. The van der Waals surface area contributed by atoms with Crippen molar-refractivity contribution in [1.82, 2.24) is 39.9 Å². The summed E-state index contributed by atoms with van der Waals surface area (Å²) in [6.45, 7) is 5.67. The lowest BCUT2D eigenvalue weighted by Gasteiger charge is -2.13. The van der Waals surface area contributed by atoms with Crippen molar-refractivity contribution in [3.05, 3.63) is 139 Å². The third-order valence-electron chi connectivity index (χ3n) is 8.47. The zero-order chi connectivity index (χ0) is 34.2. The zero-order valence-electron chi connectivity index (χ0n) is 28.1. The second kappa shape index (κ2) is 12.8. The summed E-state index contributed by atoms with van der Waals surface area (Å²) < 4.78 is 2.04. The standard InChI is InChI=1S/C41H32N9/c1-25-42-26(2)44-37(43-25)31-19-13-20-32(23-31)38-47-36(28-14-7-5-8-15-28)48-39(49-38)35-24-33(22-30-18-11-12-21-34(30)35)41-46-27(3)45-40(50(41)4)29-16-9-6-10-17-29/h5-24H,1-4H3/q+1. The van der Waals surface area contributed by atoms with Gasteiger partial charge in [-0.25, -0.2) is 34.5 Å². The Labute approximate surface area is 289 Å². The normalized spacial score (nSPS) is 11.2. The predicted octanol–water partition coefficient (Wildman–Crippen LogP) is 7.75. The molecule has 9 nitrogen and oxygen atoms in total. The van der Waals surface area contributed by atoms with Gasteiger partial charge in [-0.15, -0.1) is 0 Å². The number of hydrogen-bond donors (Lipinski definition) is 0. The molecule has 50 heavy (non-hydrogen) atoms. The Morgan fingerprint density at radius 2 is 0.880 bits per heavy atom. The minimum absolute atomic E-state index is 0.544. The highest BCUT2D eigenvalue weighted by atomic mass is 15.1. The molecule has 0 bridgehead atoms. The van der Waals surface area contributed by atoms with Crippen molar-refractivity contribution in [2.45, 2.75) is 20.8 Å². The third-order valence-corrected chi connectivity index (χ3v) is 8.47. The lowest BCUT2D eigenvalue weighted by atomic mass is 9.99. The van der Waals surface area contributed by atoms with Gasteiger partial charge in [0.1, 0.15) is 11.6 Å². The van der Waals surface area contributed by atoms with Crippen LogP contribution in [0, 0.1) is 20.8 Å². The molecular weight excluding hydrogens is 619 g/mol. The van der Waals surface area contributed by atoms with E-state index in [0.717, 1.165) is 55.8 Å². The number of fused-ring (bicyclic) bond motifs is 1. The Bertz CT molecular complexity index is 2510. The largest absolute Gasteiger partial charge is 0.274 e. The maximum Gasteiger partial charge on any atom is 0.274 e. The first-order chi connectivity index (χ1) is 24.4. The number of aryl methyl sites for hydroxylation is 3. The van der Waals surface area contributed by atoms with Crippen LogP contribution in [0.5, 0.6) is 0 Å². The van der Waals surface area contributed by atoms with Crippen molar-refractivity contribution >= 4 is 10.8 Å². The van der Waals surface area contributed by atoms with Gasteiger partial charge in [0.2, 0.25) is 0 Å². The van der Waals surface area contributed by atoms with Crippen LogP contribution in [0.25, 0.3) is 79.1 Å². The summed E-state index contributed by atoms with van der Waals surface area (Å²) in [6.07, 6.45) is 0.